The van der Waals surface area contributed by atoms with Gasteiger partial charge in [0.15, 0.2) is 0 Å². The van der Waals surface area contributed by atoms with Crippen LogP contribution in [0.1, 0.15) is 23.0 Å². The molecule has 8 heteroatoms. The average molecular weight is 455 g/mol. The highest BCUT2D eigenvalue weighted by Gasteiger charge is 2.14. The van der Waals surface area contributed by atoms with Crippen LogP contribution >= 0.6 is 23.2 Å². The summed E-state index contributed by atoms with van der Waals surface area (Å²) >= 11 is 12.2. The summed E-state index contributed by atoms with van der Waals surface area (Å²) in [5.41, 5.74) is 1.22. The van der Waals surface area contributed by atoms with Crippen molar-refractivity contribution in [3.8, 4) is 17.4 Å². The molecule has 0 aliphatic rings. The van der Waals surface area contributed by atoms with E-state index in [0.29, 0.717) is 38.4 Å². The molecule has 0 saturated heterocycles. The van der Waals surface area contributed by atoms with E-state index in [9.17, 15) is 14.9 Å². The maximum absolute atomic E-state index is 12.5. The van der Waals surface area contributed by atoms with Gasteiger partial charge in [0.25, 0.3) is 5.91 Å². The van der Waals surface area contributed by atoms with Crippen LogP contribution in [0.25, 0.3) is 17.4 Å². The Hall–Kier alpha value is -3.53. The second-order valence-corrected chi connectivity index (χ2v) is 7.09. The summed E-state index contributed by atoms with van der Waals surface area (Å²) in [5, 5.41) is 13.0. The molecule has 0 aliphatic carbocycles. The molecule has 0 spiro atoms. The number of rotatable bonds is 6. The van der Waals surface area contributed by atoms with Crippen molar-refractivity contribution in [2.24, 2.45) is 0 Å². The molecule has 0 radical (unpaired) electrons. The molecule has 31 heavy (non-hydrogen) atoms. The molecule has 0 unspecified atom stereocenters. The zero-order valence-corrected chi connectivity index (χ0v) is 17.8. The van der Waals surface area contributed by atoms with Crippen molar-refractivity contribution in [1.82, 2.24) is 0 Å². The fourth-order valence-corrected chi connectivity index (χ4v) is 3.04. The number of furan rings is 1. The number of esters is 1. The lowest BCUT2D eigenvalue weighted by atomic mass is 10.2. The monoisotopic (exact) mass is 454 g/mol. The molecule has 0 fully saturated rings. The fraction of sp³-hybridized carbons (Fsp3) is 0.0870. The third kappa shape index (κ3) is 5.54. The summed E-state index contributed by atoms with van der Waals surface area (Å²) in [6.45, 7) is 1.99. The normalized spacial score (nSPS) is 11.0. The van der Waals surface area contributed by atoms with E-state index in [1.807, 2.05) is 6.07 Å². The van der Waals surface area contributed by atoms with Crippen LogP contribution in [-0.2, 0) is 9.53 Å². The lowest BCUT2D eigenvalue weighted by Crippen LogP contribution is -2.13. The molecule has 1 amide bonds. The SMILES string of the molecule is CCOC(=O)c1ccc(NC(=O)/C(C#N)=C/c2ccc(-c3cc(Cl)ccc3Cl)o2)cc1. The number of halogens is 2. The number of carbonyl (C=O) groups excluding carboxylic acids is 2. The third-order valence-electron chi connectivity index (χ3n) is 4.13. The summed E-state index contributed by atoms with van der Waals surface area (Å²) in [6, 6.07) is 16.3. The molecule has 3 rings (SSSR count). The van der Waals surface area contributed by atoms with Crippen molar-refractivity contribution < 1.29 is 18.7 Å². The van der Waals surface area contributed by atoms with Gasteiger partial charge < -0.3 is 14.5 Å². The number of nitriles is 1. The standard InChI is InChI=1S/C23H16Cl2N2O4/c1-2-30-23(29)14-3-6-17(7-4-14)27-22(28)15(13-26)11-18-8-10-21(31-18)19-12-16(24)5-9-20(19)25/h3-12H,2H2,1H3,(H,27,28)/b15-11+. The number of benzene rings is 2. The van der Waals surface area contributed by atoms with Crippen molar-refractivity contribution in [3.63, 3.8) is 0 Å². The van der Waals surface area contributed by atoms with Gasteiger partial charge in [-0.05, 0) is 61.5 Å². The molecule has 3 aromatic rings. The van der Waals surface area contributed by atoms with Gasteiger partial charge in [-0.25, -0.2) is 4.79 Å². The van der Waals surface area contributed by atoms with E-state index in [0.717, 1.165) is 0 Å². The average Bonchev–Trinajstić information content (AvgIpc) is 3.22. The Labute approximate surface area is 188 Å². The number of hydrogen-bond donors (Lipinski definition) is 1. The van der Waals surface area contributed by atoms with Crippen LogP contribution in [0.5, 0.6) is 0 Å². The maximum atomic E-state index is 12.5. The van der Waals surface area contributed by atoms with Crippen molar-refractivity contribution in [2.45, 2.75) is 6.92 Å². The van der Waals surface area contributed by atoms with Gasteiger partial charge in [0.05, 0.1) is 17.2 Å². The Morgan fingerprint density at radius 3 is 2.55 bits per heavy atom. The molecule has 1 aromatic heterocycles. The number of anilines is 1. The lowest BCUT2D eigenvalue weighted by molar-refractivity contribution is -0.112. The Bertz CT molecular complexity index is 1190. The summed E-state index contributed by atoms with van der Waals surface area (Å²) in [6.07, 6.45) is 1.32. The van der Waals surface area contributed by atoms with E-state index in [1.54, 1.807) is 49.4 Å². The van der Waals surface area contributed by atoms with E-state index >= 15 is 0 Å². The third-order valence-corrected chi connectivity index (χ3v) is 4.69. The van der Waals surface area contributed by atoms with Crippen LogP contribution in [-0.4, -0.2) is 18.5 Å². The largest absolute Gasteiger partial charge is 0.462 e. The number of ether oxygens (including phenoxy) is 1. The first kappa shape index (κ1) is 22.2. The zero-order valence-electron chi connectivity index (χ0n) is 16.3. The quantitative estimate of drug-likeness (QED) is 0.281. The molecule has 6 nitrogen and oxygen atoms in total. The van der Waals surface area contributed by atoms with Gasteiger partial charge in [-0.3, -0.25) is 4.79 Å². The molecule has 0 saturated carbocycles. The summed E-state index contributed by atoms with van der Waals surface area (Å²) in [4.78, 5) is 24.2. The van der Waals surface area contributed by atoms with Gasteiger partial charge in [0.2, 0.25) is 0 Å². The molecule has 156 valence electrons. The van der Waals surface area contributed by atoms with Crippen LogP contribution < -0.4 is 5.32 Å². The van der Waals surface area contributed by atoms with Crippen molar-refractivity contribution in [1.29, 1.82) is 5.26 Å². The first-order chi connectivity index (χ1) is 14.9. The predicted molar refractivity (Wildman–Crippen MR) is 119 cm³/mol. The van der Waals surface area contributed by atoms with Gasteiger partial charge in [-0.15, -0.1) is 0 Å². The van der Waals surface area contributed by atoms with E-state index < -0.39 is 11.9 Å². The molecule has 0 aliphatic heterocycles. The molecule has 2 aromatic carbocycles. The second-order valence-electron chi connectivity index (χ2n) is 6.25. The van der Waals surface area contributed by atoms with Crippen LogP contribution in [0.15, 0.2) is 64.6 Å². The predicted octanol–water partition coefficient (Wildman–Crippen LogP) is 5.98. The van der Waals surface area contributed by atoms with Crippen LogP contribution in [0.2, 0.25) is 10.0 Å². The van der Waals surface area contributed by atoms with Gasteiger partial charge in [-0.1, -0.05) is 23.2 Å². The number of carbonyl (C=O) groups is 2. The maximum Gasteiger partial charge on any atom is 0.338 e. The number of nitrogens with zero attached hydrogens (tertiary/aromatic N) is 1. The van der Waals surface area contributed by atoms with Crippen molar-refractivity contribution in [2.75, 3.05) is 11.9 Å². The summed E-state index contributed by atoms with van der Waals surface area (Å²) < 4.78 is 10.6. The molecule has 1 heterocycles. The van der Waals surface area contributed by atoms with Crippen molar-refractivity contribution >= 4 is 46.8 Å². The minimum Gasteiger partial charge on any atom is -0.462 e. The Morgan fingerprint density at radius 2 is 1.87 bits per heavy atom. The Balaban J connectivity index is 1.75. The topological polar surface area (TPSA) is 92.3 Å². The van der Waals surface area contributed by atoms with E-state index in [2.05, 4.69) is 5.32 Å². The Morgan fingerprint density at radius 1 is 1.13 bits per heavy atom. The van der Waals surface area contributed by atoms with Crippen molar-refractivity contribution in [3.05, 3.63) is 81.5 Å². The van der Waals surface area contributed by atoms with E-state index in [4.69, 9.17) is 32.4 Å². The lowest BCUT2D eigenvalue weighted by Gasteiger charge is -2.06. The van der Waals surface area contributed by atoms with Gasteiger partial charge in [0, 0.05) is 22.3 Å². The number of nitrogens with one attached hydrogen (secondary N) is 1. The fourth-order valence-electron chi connectivity index (χ4n) is 2.65. The first-order valence-electron chi connectivity index (χ1n) is 9.17. The number of hydrogen-bond acceptors (Lipinski definition) is 5. The highest BCUT2D eigenvalue weighted by atomic mass is 35.5. The molecule has 1 N–H and O–H groups in total. The molecular formula is C23H16Cl2N2O4. The van der Waals surface area contributed by atoms with E-state index in [1.165, 1.54) is 18.2 Å². The smallest absolute Gasteiger partial charge is 0.338 e. The van der Waals surface area contributed by atoms with Gasteiger partial charge >= 0.3 is 5.97 Å². The summed E-state index contributed by atoms with van der Waals surface area (Å²) in [7, 11) is 0. The van der Waals surface area contributed by atoms with Crippen LogP contribution in [0.3, 0.4) is 0 Å². The van der Waals surface area contributed by atoms with Gasteiger partial charge in [-0.2, -0.15) is 5.26 Å². The molecule has 0 bridgehead atoms. The minimum absolute atomic E-state index is 0.160. The van der Waals surface area contributed by atoms with Crippen LogP contribution in [0.4, 0.5) is 5.69 Å². The second kappa shape index (κ2) is 9.98. The zero-order chi connectivity index (χ0) is 22.4. The van der Waals surface area contributed by atoms with Crippen LogP contribution in [0, 0.1) is 11.3 Å². The highest BCUT2D eigenvalue weighted by Crippen LogP contribution is 2.32. The number of amides is 1. The summed E-state index contributed by atoms with van der Waals surface area (Å²) in [5.74, 6) is -0.321. The molecular weight excluding hydrogens is 439 g/mol. The van der Waals surface area contributed by atoms with E-state index in [-0.39, 0.29) is 12.2 Å². The molecule has 0 atom stereocenters. The minimum atomic E-state index is -0.620. The Kier molecular flexibility index (Phi) is 7.14. The van der Waals surface area contributed by atoms with Gasteiger partial charge in [0.1, 0.15) is 23.2 Å². The highest BCUT2D eigenvalue weighted by molar-refractivity contribution is 6.35. The first-order valence-corrected chi connectivity index (χ1v) is 9.92.